The fraction of sp³-hybridized carbons (Fsp3) is 0.692. The molecule has 98 valence electrons. The van der Waals surface area contributed by atoms with Gasteiger partial charge in [0, 0.05) is 25.3 Å². The van der Waals surface area contributed by atoms with Crippen LogP contribution in [-0.4, -0.2) is 29.1 Å². The zero-order valence-corrected chi connectivity index (χ0v) is 12.3. The number of aromatic nitrogens is 2. The summed E-state index contributed by atoms with van der Waals surface area (Å²) in [6.45, 7) is 4.08. The van der Waals surface area contributed by atoms with Crippen LogP contribution in [0.2, 0.25) is 0 Å². The van der Waals surface area contributed by atoms with E-state index in [4.69, 9.17) is 0 Å². The highest BCUT2D eigenvalue weighted by Gasteiger charge is 2.35. The highest BCUT2D eigenvalue weighted by Crippen LogP contribution is 2.39. The molecular formula is C13H19BrN4. The standard InChI is InChI=1S/C13H19BrN4/c1-2-15-13-16-7-11(14)12(17-13)18(10-5-6-10)8-9-3-4-9/h7,9-10H,2-6,8H2,1H3,(H,15,16,17). The van der Waals surface area contributed by atoms with E-state index in [1.165, 1.54) is 25.7 Å². The second kappa shape index (κ2) is 5.03. The number of halogens is 1. The lowest BCUT2D eigenvalue weighted by atomic mass is 10.3. The molecule has 0 bridgehead atoms. The average Bonchev–Trinajstić information content (AvgIpc) is 3.23. The lowest BCUT2D eigenvalue weighted by Gasteiger charge is -2.24. The molecule has 0 radical (unpaired) electrons. The molecule has 2 saturated carbocycles. The van der Waals surface area contributed by atoms with Gasteiger partial charge >= 0.3 is 0 Å². The predicted molar refractivity (Wildman–Crippen MR) is 77.0 cm³/mol. The van der Waals surface area contributed by atoms with E-state index < -0.39 is 0 Å². The molecular weight excluding hydrogens is 292 g/mol. The Morgan fingerprint density at radius 2 is 2.17 bits per heavy atom. The van der Waals surface area contributed by atoms with Crippen molar-refractivity contribution in [2.24, 2.45) is 5.92 Å². The van der Waals surface area contributed by atoms with Gasteiger partial charge in [-0.3, -0.25) is 0 Å². The Morgan fingerprint density at radius 3 is 2.78 bits per heavy atom. The Morgan fingerprint density at radius 1 is 1.39 bits per heavy atom. The van der Waals surface area contributed by atoms with Gasteiger partial charge in [0.2, 0.25) is 5.95 Å². The van der Waals surface area contributed by atoms with E-state index in [9.17, 15) is 0 Å². The van der Waals surface area contributed by atoms with Gasteiger partial charge in [0.25, 0.3) is 0 Å². The maximum absolute atomic E-state index is 4.66. The van der Waals surface area contributed by atoms with E-state index in [-0.39, 0.29) is 0 Å². The fourth-order valence-electron chi connectivity index (χ4n) is 2.18. The molecule has 1 aromatic rings. The van der Waals surface area contributed by atoms with Crippen LogP contribution in [0, 0.1) is 5.92 Å². The SMILES string of the molecule is CCNc1ncc(Br)c(N(CC2CC2)C2CC2)n1. The van der Waals surface area contributed by atoms with Crippen LogP contribution in [0.25, 0.3) is 0 Å². The van der Waals surface area contributed by atoms with Crippen LogP contribution in [0.15, 0.2) is 10.7 Å². The topological polar surface area (TPSA) is 41.1 Å². The molecule has 1 aromatic heterocycles. The molecule has 5 heteroatoms. The average molecular weight is 311 g/mol. The van der Waals surface area contributed by atoms with E-state index in [1.54, 1.807) is 0 Å². The highest BCUT2D eigenvalue weighted by atomic mass is 79.9. The summed E-state index contributed by atoms with van der Waals surface area (Å²) in [5, 5.41) is 3.19. The summed E-state index contributed by atoms with van der Waals surface area (Å²) in [5.74, 6) is 2.68. The largest absolute Gasteiger partial charge is 0.354 e. The minimum atomic E-state index is 0.700. The summed E-state index contributed by atoms with van der Waals surface area (Å²) in [6, 6.07) is 0.700. The summed E-state index contributed by atoms with van der Waals surface area (Å²) in [7, 11) is 0. The van der Waals surface area contributed by atoms with E-state index in [1.807, 2.05) is 6.20 Å². The minimum Gasteiger partial charge on any atom is -0.354 e. The summed E-state index contributed by atoms with van der Waals surface area (Å²) >= 11 is 3.59. The number of hydrogen-bond acceptors (Lipinski definition) is 4. The maximum Gasteiger partial charge on any atom is 0.224 e. The van der Waals surface area contributed by atoms with Gasteiger partial charge in [-0.1, -0.05) is 0 Å². The number of anilines is 2. The zero-order valence-electron chi connectivity index (χ0n) is 10.7. The molecule has 4 nitrogen and oxygen atoms in total. The monoisotopic (exact) mass is 310 g/mol. The number of hydrogen-bond donors (Lipinski definition) is 1. The summed E-state index contributed by atoms with van der Waals surface area (Å²) in [6.07, 6.45) is 7.24. The van der Waals surface area contributed by atoms with Gasteiger partial charge in [0.15, 0.2) is 0 Å². The molecule has 0 saturated heterocycles. The van der Waals surface area contributed by atoms with Crippen LogP contribution < -0.4 is 10.2 Å². The zero-order chi connectivity index (χ0) is 12.5. The third kappa shape index (κ3) is 2.76. The van der Waals surface area contributed by atoms with Gasteiger partial charge in [-0.05, 0) is 54.5 Å². The first-order valence-electron chi connectivity index (χ1n) is 6.81. The molecule has 0 amide bonds. The van der Waals surface area contributed by atoms with Crippen molar-refractivity contribution in [1.82, 2.24) is 9.97 Å². The van der Waals surface area contributed by atoms with Crippen LogP contribution in [0.1, 0.15) is 32.6 Å². The first-order valence-corrected chi connectivity index (χ1v) is 7.60. The quantitative estimate of drug-likeness (QED) is 0.877. The van der Waals surface area contributed by atoms with Crippen molar-refractivity contribution in [3.63, 3.8) is 0 Å². The minimum absolute atomic E-state index is 0.700. The third-order valence-electron chi connectivity index (χ3n) is 3.47. The van der Waals surface area contributed by atoms with Gasteiger partial charge in [0.1, 0.15) is 5.82 Å². The lowest BCUT2D eigenvalue weighted by Crippen LogP contribution is -2.29. The molecule has 2 fully saturated rings. The molecule has 2 aliphatic carbocycles. The van der Waals surface area contributed by atoms with E-state index in [0.717, 1.165) is 35.2 Å². The Labute approximate surface area is 116 Å². The summed E-state index contributed by atoms with van der Waals surface area (Å²) in [5.41, 5.74) is 0. The van der Waals surface area contributed by atoms with Crippen molar-refractivity contribution >= 4 is 27.7 Å². The third-order valence-corrected chi connectivity index (χ3v) is 4.03. The van der Waals surface area contributed by atoms with Crippen molar-refractivity contribution in [2.45, 2.75) is 38.6 Å². The van der Waals surface area contributed by atoms with Crippen LogP contribution in [-0.2, 0) is 0 Å². The van der Waals surface area contributed by atoms with E-state index >= 15 is 0 Å². The van der Waals surface area contributed by atoms with Crippen molar-refractivity contribution in [3.8, 4) is 0 Å². The van der Waals surface area contributed by atoms with Crippen LogP contribution in [0.3, 0.4) is 0 Å². The van der Waals surface area contributed by atoms with E-state index in [2.05, 4.69) is 43.0 Å². The fourth-order valence-corrected chi connectivity index (χ4v) is 2.59. The molecule has 1 N–H and O–H groups in total. The molecule has 0 spiro atoms. The number of rotatable bonds is 6. The van der Waals surface area contributed by atoms with Crippen LogP contribution in [0.4, 0.5) is 11.8 Å². The maximum atomic E-state index is 4.66. The first-order chi connectivity index (χ1) is 8.78. The Kier molecular flexibility index (Phi) is 3.41. The van der Waals surface area contributed by atoms with E-state index in [0.29, 0.717) is 6.04 Å². The number of nitrogens with zero attached hydrogens (tertiary/aromatic N) is 3. The molecule has 18 heavy (non-hydrogen) atoms. The molecule has 1 heterocycles. The van der Waals surface area contributed by atoms with Crippen LogP contribution in [0.5, 0.6) is 0 Å². The summed E-state index contributed by atoms with van der Waals surface area (Å²) in [4.78, 5) is 11.4. The smallest absolute Gasteiger partial charge is 0.224 e. The number of nitrogens with one attached hydrogen (secondary N) is 1. The molecule has 0 unspecified atom stereocenters. The van der Waals surface area contributed by atoms with Gasteiger partial charge in [-0.15, -0.1) is 0 Å². The highest BCUT2D eigenvalue weighted by molar-refractivity contribution is 9.10. The van der Waals surface area contributed by atoms with Crippen molar-refractivity contribution < 1.29 is 0 Å². The van der Waals surface area contributed by atoms with Gasteiger partial charge in [0.05, 0.1) is 4.47 Å². The second-order valence-corrected chi connectivity index (χ2v) is 6.08. The summed E-state index contributed by atoms with van der Waals surface area (Å²) < 4.78 is 1.01. The van der Waals surface area contributed by atoms with Crippen molar-refractivity contribution in [2.75, 3.05) is 23.3 Å². The van der Waals surface area contributed by atoms with Gasteiger partial charge < -0.3 is 10.2 Å². The van der Waals surface area contributed by atoms with Gasteiger partial charge in [-0.25, -0.2) is 4.98 Å². The van der Waals surface area contributed by atoms with Crippen molar-refractivity contribution in [3.05, 3.63) is 10.7 Å². The van der Waals surface area contributed by atoms with Crippen molar-refractivity contribution in [1.29, 1.82) is 0 Å². The normalized spacial score (nSPS) is 18.8. The predicted octanol–water partition coefficient (Wildman–Crippen LogP) is 3.05. The molecule has 2 aliphatic rings. The molecule has 0 aliphatic heterocycles. The Hall–Kier alpha value is -0.840. The van der Waals surface area contributed by atoms with Gasteiger partial charge in [-0.2, -0.15) is 4.98 Å². The Balaban J connectivity index is 1.83. The Bertz CT molecular complexity index is 429. The molecule has 0 atom stereocenters. The molecule has 0 aromatic carbocycles. The second-order valence-electron chi connectivity index (χ2n) is 5.22. The molecule has 3 rings (SSSR count). The lowest BCUT2D eigenvalue weighted by molar-refractivity contribution is 0.706. The first kappa shape index (κ1) is 12.2. The van der Waals surface area contributed by atoms with Crippen LogP contribution >= 0.6 is 15.9 Å².